The second-order valence-electron chi connectivity index (χ2n) is 6.63. The summed E-state index contributed by atoms with van der Waals surface area (Å²) in [6.07, 6.45) is -4.45. The van der Waals surface area contributed by atoms with Gasteiger partial charge in [-0.25, -0.2) is 4.79 Å². The lowest BCUT2D eigenvalue weighted by molar-refractivity contribution is -0.137. The van der Waals surface area contributed by atoms with Crippen molar-refractivity contribution in [2.24, 2.45) is 0 Å². The van der Waals surface area contributed by atoms with E-state index < -0.39 is 11.7 Å². The number of carbonyl (C=O) groups excluding carboxylic acids is 1. The van der Waals surface area contributed by atoms with Crippen molar-refractivity contribution in [3.8, 4) is 5.75 Å². The average molecular weight is 393 g/mol. The van der Waals surface area contributed by atoms with E-state index in [2.05, 4.69) is 0 Å². The molecule has 3 rings (SSSR count). The first-order chi connectivity index (χ1) is 13.4. The van der Waals surface area contributed by atoms with Gasteiger partial charge in [0.1, 0.15) is 11.9 Å². The minimum absolute atomic E-state index is 0.110. The monoisotopic (exact) mass is 393 g/mol. The highest BCUT2D eigenvalue weighted by atomic mass is 19.4. The zero-order valence-electron chi connectivity index (χ0n) is 15.5. The number of ether oxygens (including phenoxy) is 2. The van der Waals surface area contributed by atoms with Gasteiger partial charge in [0.15, 0.2) is 0 Å². The molecule has 1 heterocycles. The normalized spacial score (nSPS) is 19.9. The summed E-state index contributed by atoms with van der Waals surface area (Å²) in [5.74, 6) is 0.269. The molecule has 7 heteroatoms. The van der Waals surface area contributed by atoms with Crippen molar-refractivity contribution in [2.45, 2.75) is 31.5 Å². The van der Waals surface area contributed by atoms with Crippen LogP contribution in [0.25, 0.3) is 0 Å². The van der Waals surface area contributed by atoms with Crippen LogP contribution in [0.1, 0.15) is 30.4 Å². The summed E-state index contributed by atoms with van der Waals surface area (Å²) in [5, 5.41) is 0. The first kappa shape index (κ1) is 20.0. The van der Waals surface area contributed by atoms with Gasteiger partial charge in [0.2, 0.25) is 0 Å². The number of alkyl halides is 3. The Labute approximate surface area is 161 Å². The van der Waals surface area contributed by atoms with Crippen molar-refractivity contribution in [1.82, 2.24) is 4.90 Å². The van der Waals surface area contributed by atoms with Crippen LogP contribution in [0.5, 0.6) is 5.75 Å². The fraction of sp³-hybridized carbons (Fsp3) is 0.381. The molecule has 2 aromatic rings. The third-order valence-electron chi connectivity index (χ3n) is 4.77. The number of rotatable bonds is 4. The van der Waals surface area contributed by atoms with Crippen LogP contribution < -0.4 is 4.74 Å². The zero-order chi connectivity index (χ0) is 20.1. The third kappa shape index (κ3) is 4.77. The maximum atomic E-state index is 12.8. The molecule has 1 aliphatic rings. The molecule has 1 saturated heterocycles. The number of nitrogens with zero attached hydrogens (tertiary/aromatic N) is 1. The maximum Gasteiger partial charge on any atom is 0.416 e. The number of amides is 1. The molecule has 2 atom stereocenters. The summed E-state index contributed by atoms with van der Waals surface area (Å²) in [6.45, 7) is 2.95. The van der Waals surface area contributed by atoms with Crippen LogP contribution in [-0.4, -0.2) is 36.8 Å². The number of benzene rings is 2. The van der Waals surface area contributed by atoms with Gasteiger partial charge < -0.3 is 14.4 Å². The first-order valence-corrected chi connectivity index (χ1v) is 9.19. The largest absolute Gasteiger partial charge is 0.490 e. The van der Waals surface area contributed by atoms with Crippen LogP contribution in [-0.2, 0) is 10.9 Å². The molecule has 1 aliphatic heterocycles. The molecule has 4 nitrogen and oxygen atoms in total. The van der Waals surface area contributed by atoms with E-state index in [1.807, 2.05) is 30.3 Å². The quantitative estimate of drug-likeness (QED) is 0.726. The number of likely N-dealkylation sites (tertiary alicyclic amines) is 1. The predicted molar refractivity (Wildman–Crippen MR) is 98.3 cm³/mol. The Bertz CT molecular complexity index is 778. The van der Waals surface area contributed by atoms with E-state index in [-0.39, 0.29) is 18.1 Å². The maximum absolute atomic E-state index is 12.8. The zero-order valence-corrected chi connectivity index (χ0v) is 15.5. The Kier molecular flexibility index (Phi) is 6.11. The van der Waals surface area contributed by atoms with E-state index in [9.17, 15) is 18.0 Å². The number of hydrogen-bond donors (Lipinski definition) is 0. The molecule has 1 amide bonds. The molecule has 0 N–H and O–H groups in total. The molecule has 1 fully saturated rings. The van der Waals surface area contributed by atoms with Gasteiger partial charge in [-0.1, -0.05) is 30.3 Å². The lowest BCUT2D eigenvalue weighted by atomic mass is 9.88. The summed E-state index contributed by atoms with van der Waals surface area (Å²) >= 11 is 0. The lowest BCUT2D eigenvalue weighted by Crippen LogP contribution is -2.47. The average Bonchev–Trinajstić information content (AvgIpc) is 2.69. The van der Waals surface area contributed by atoms with Crippen LogP contribution in [0, 0.1) is 0 Å². The van der Waals surface area contributed by atoms with Crippen LogP contribution in [0.15, 0.2) is 54.6 Å². The molecule has 0 spiro atoms. The van der Waals surface area contributed by atoms with E-state index in [0.717, 1.165) is 17.7 Å². The van der Waals surface area contributed by atoms with Crippen LogP contribution >= 0.6 is 0 Å². The van der Waals surface area contributed by atoms with Gasteiger partial charge in [-0.15, -0.1) is 0 Å². The van der Waals surface area contributed by atoms with E-state index in [1.165, 1.54) is 12.1 Å². The molecule has 2 aromatic carbocycles. The van der Waals surface area contributed by atoms with E-state index in [0.29, 0.717) is 31.9 Å². The number of halogens is 3. The molecule has 0 aromatic heterocycles. The van der Waals surface area contributed by atoms with Gasteiger partial charge in [-0.2, -0.15) is 13.2 Å². The summed E-state index contributed by atoms with van der Waals surface area (Å²) in [6, 6.07) is 14.3. The predicted octanol–water partition coefficient (Wildman–Crippen LogP) is 5.10. The molecule has 28 heavy (non-hydrogen) atoms. The Morgan fingerprint density at radius 3 is 2.39 bits per heavy atom. The Balaban J connectivity index is 1.77. The van der Waals surface area contributed by atoms with Crippen molar-refractivity contribution in [3.05, 3.63) is 65.7 Å². The van der Waals surface area contributed by atoms with Crippen LogP contribution in [0.4, 0.5) is 18.0 Å². The molecule has 0 unspecified atom stereocenters. The smallest absolute Gasteiger partial charge is 0.416 e. The lowest BCUT2D eigenvalue weighted by Gasteiger charge is -2.38. The standard InChI is InChI=1S/C21H22F3NO3/c1-2-27-20(26)25-13-12-19(18(14-25)15-6-4-3-5-7-15)28-17-10-8-16(9-11-17)21(22,23)24/h3-11,18-19H,2,12-14H2,1H3/t18-,19+/m0/s1. The van der Waals surface area contributed by atoms with E-state index in [4.69, 9.17) is 9.47 Å². The number of hydrogen-bond acceptors (Lipinski definition) is 3. The summed E-state index contributed by atoms with van der Waals surface area (Å²) in [4.78, 5) is 13.8. The van der Waals surface area contributed by atoms with Crippen molar-refractivity contribution in [1.29, 1.82) is 0 Å². The third-order valence-corrected chi connectivity index (χ3v) is 4.77. The highest BCUT2D eigenvalue weighted by Crippen LogP contribution is 2.33. The molecule has 0 aliphatic carbocycles. The molecular formula is C21H22F3NO3. The summed E-state index contributed by atoms with van der Waals surface area (Å²) < 4.78 is 49.4. The molecule has 150 valence electrons. The highest BCUT2D eigenvalue weighted by Gasteiger charge is 2.35. The van der Waals surface area contributed by atoms with Gasteiger partial charge in [0.05, 0.1) is 12.2 Å². The molecule has 0 radical (unpaired) electrons. The number of piperidine rings is 1. The van der Waals surface area contributed by atoms with Crippen molar-refractivity contribution < 1.29 is 27.4 Å². The molecule has 0 bridgehead atoms. The Hall–Kier alpha value is -2.70. The van der Waals surface area contributed by atoms with Crippen molar-refractivity contribution in [3.63, 3.8) is 0 Å². The Morgan fingerprint density at radius 1 is 1.11 bits per heavy atom. The topological polar surface area (TPSA) is 38.8 Å². The fourth-order valence-corrected chi connectivity index (χ4v) is 3.37. The van der Waals surface area contributed by atoms with Gasteiger partial charge in [0.25, 0.3) is 0 Å². The van der Waals surface area contributed by atoms with E-state index in [1.54, 1.807) is 11.8 Å². The summed E-state index contributed by atoms with van der Waals surface area (Å²) in [5.41, 5.74) is 0.296. The SMILES string of the molecule is CCOC(=O)N1CC[C@@H](Oc2ccc(C(F)(F)F)cc2)[C@H](c2ccccc2)C1. The van der Waals surface area contributed by atoms with Crippen molar-refractivity contribution >= 4 is 6.09 Å². The highest BCUT2D eigenvalue weighted by molar-refractivity contribution is 5.68. The van der Waals surface area contributed by atoms with E-state index >= 15 is 0 Å². The second kappa shape index (κ2) is 8.54. The molecular weight excluding hydrogens is 371 g/mol. The Morgan fingerprint density at radius 2 is 1.79 bits per heavy atom. The summed E-state index contributed by atoms with van der Waals surface area (Å²) in [7, 11) is 0. The van der Waals surface area contributed by atoms with Gasteiger partial charge in [-0.05, 0) is 36.8 Å². The first-order valence-electron chi connectivity index (χ1n) is 9.19. The van der Waals surface area contributed by atoms with Gasteiger partial charge in [0, 0.05) is 25.4 Å². The van der Waals surface area contributed by atoms with Crippen LogP contribution in [0.2, 0.25) is 0 Å². The fourth-order valence-electron chi connectivity index (χ4n) is 3.37. The number of carbonyl (C=O) groups is 1. The van der Waals surface area contributed by atoms with Crippen molar-refractivity contribution in [2.75, 3.05) is 19.7 Å². The van der Waals surface area contributed by atoms with Gasteiger partial charge in [-0.3, -0.25) is 0 Å². The minimum atomic E-state index is -4.38. The minimum Gasteiger partial charge on any atom is -0.490 e. The van der Waals surface area contributed by atoms with Crippen LogP contribution in [0.3, 0.4) is 0 Å². The molecule has 0 saturated carbocycles. The van der Waals surface area contributed by atoms with Gasteiger partial charge >= 0.3 is 12.3 Å². The second-order valence-corrected chi connectivity index (χ2v) is 6.63.